The molecule has 1 fully saturated rings. The van der Waals surface area contributed by atoms with E-state index in [-0.39, 0.29) is 42.4 Å². The Morgan fingerprint density at radius 2 is 1.88 bits per heavy atom. The number of benzene rings is 1. The first-order valence-electron chi connectivity index (χ1n) is 7.44. The number of rotatable bonds is 3. The van der Waals surface area contributed by atoms with E-state index in [0.29, 0.717) is 18.9 Å². The molecule has 0 bridgehead atoms. The smallest absolute Gasteiger partial charge is 0.328 e. The summed E-state index contributed by atoms with van der Waals surface area (Å²) in [7, 11) is -3.93. The average Bonchev–Trinajstić information content (AvgIpc) is 2.53. The lowest BCUT2D eigenvalue weighted by Crippen LogP contribution is -2.42. The quantitative estimate of drug-likeness (QED) is 0.849. The van der Waals surface area contributed by atoms with Crippen LogP contribution in [-0.4, -0.2) is 31.9 Å². The SMILES string of the molecule is CC(N)C1CCN(S(=O)(=O)c2ccc(C(F)(F)F)c(C#N)c2)CC1.Cl. The van der Waals surface area contributed by atoms with Crippen molar-refractivity contribution in [2.45, 2.75) is 36.9 Å². The monoisotopic (exact) mass is 397 g/mol. The topological polar surface area (TPSA) is 87.2 Å². The molecule has 140 valence electrons. The normalized spacial score (nSPS) is 18.2. The summed E-state index contributed by atoms with van der Waals surface area (Å²) in [5, 5.41) is 8.91. The first kappa shape index (κ1) is 21.7. The molecule has 1 aliphatic heterocycles. The number of halogens is 4. The van der Waals surface area contributed by atoms with E-state index in [4.69, 9.17) is 11.0 Å². The molecule has 2 N–H and O–H groups in total. The maximum Gasteiger partial charge on any atom is 0.417 e. The second-order valence-electron chi connectivity index (χ2n) is 5.92. The van der Waals surface area contributed by atoms with Crippen LogP contribution in [0.1, 0.15) is 30.9 Å². The summed E-state index contributed by atoms with van der Waals surface area (Å²) in [5.41, 5.74) is 3.98. The predicted octanol–water partition coefficient (Wildman–Crippen LogP) is 2.75. The number of nitrogens with two attached hydrogens (primary N) is 1. The fourth-order valence-corrected chi connectivity index (χ4v) is 4.31. The first-order chi connectivity index (χ1) is 11.1. The Bertz CT molecular complexity index is 752. The van der Waals surface area contributed by atoms with Gasteiger partial charge in [-0.15, -0.1) is 12.4 Å². The highest BCUT2D eigenvalue weighted by Crippen LogP contribution is 2.34. The molecule has 1 aromatic carbocycles. The third kappa shape index (κ3) is 4.64. The summed E-state index contributed by atoms with van der Waals surface area (Å²) in [6.45, 7) is 2.39. The summed E-state index contributed by atoms with van der Waals surface area (Å²) in [6.07, 6.45) is -3.51. The highest BCUT2D eigenvalue weighted by atomic mass is 35.5. The zero-order chi connectivity index (χ0) is 18.1. The minimum atomic E-state index is -4.71. The van der Waals surface area contributed by atoms with Gasteiger partial charge in [0.1, 0.15) is 0 Å². The van der Waals surface area contributed by atoms with Gasteiger partial charge in [0, 0.05) is 19.1 Å². The Morgan fingerprint density at radius 1 is 1.32 bits per heavy atom. The minimum Gasteiger partial charge on any atom is -0.328 e. The van der Waals surface area contributed by atoms with Crippen LogP contribution in [-0.2, 0) is 16.2 Å². The van der Waals surface area contributed by atoms with E-state index in [1.165, 1.54) is 10.4 Å². The van der Waals surface area contributed by atoms with Gasteiger partial charge in [-0.3, -0.25) is 0 Å². The van der Waals surface area contributed by atoms with Crippen LogP contribution in [0.3, 0.4) is 0 Å². The molecule has 5 nitrogen and oxygen atoms in total. The number of alkyl halides is 3. The molecule has 0 saturated carbocycles. The van der Waals surface area contributed by atoms with Crippen molar-refractivity contribution in [3.63, 3.8) is 0 Å². The van der Waals surface area contributed by atoms with Crippen LogP contribution < -0.4 is 5.73 Å². The Labute approximate surface area is 151 Å². The summed E-state index contributed by atoms with van der Waals surface area (Å²) < 4.78 is 64.9. The van der Waals surface area contributed by atoms with Crippen molar-refractivity contribution in [2.75, 3.05) is 13.1 Å². The average molecular weight is 398 g/mol. The molecular weight excluding hydrogens is 379 g/mol. The largest absolute Gasteiger partial charge is 0.417 e. The summed E-state index contributed by atoms with van der Waals surface area (Å²) in [4.78, 5) is -0.300. The van der Waals surface area contributed by atoms with Gasteiger partial charge >= 0.3 is 6.18 Å². The van der Waals surface area contributed by atoms with Crippen molar-refractivity contribution in [1.82, 2.24) is 4.31 Å². The molecule has 0 aliphatic carbocycles. The van der Waals surface area contributed by atoms with E-state index < -0.39 is 27.3 Å². The van der Waals surface area contributed by atoms with Gasteiger partial charge in [-0.05, 0) is 43.9 Å². The molecule has 0 radical (unpaired) electrons. The summed E-state index contributed by atoms with van der Waals surface area (Å²) in [5.74, 6) is 0.221. The van der Waals surface area contributed by atoms with Crippen molar-refractivity contribution in [2.24, 2.45) is 11.7 Å². The van der Waals surface area contributed by atoms with Gasteiger partial charge in [-0.1, -0.05) is 0 Å². The standard InChI is InChI=1S/C15H18F3N3O2S.ClH/c1-10(20)11-4-6-21(7-5-11)24(22,23)13-2-3-14(15(16,17)18)12(8-13)9-19;/h2-3,8,10-11H,4-7,20H2,1H3;1H. The van der Waals surface area contributed by atoms with Crippen LogP contribution in [0.25, 0.3) is 0 Å². The second-order valence-corrected chi connectivity index (χ2v) is 7.86. The first-order valence-corrected chi connectivity index (χ1v) is 8.88. The number of sulfonamides is 1. The summed E-state index contributed by atoms with van der Waals surface area (Å²) in [6, 6.07) is 3.71. The van der Waals surface area contributed by atoms with Crippen molar-refractivity contribution < 1.29 is 21.6 Å². The van der Waals surface area contributed by atoms with E-state index >= 15 is 0 Å². The molecule has 25 heavy (non-hydrogen) atoms. The van der Waals surface area contributed by atoms with Gasteiger partial charge in [0.25, 0.3) is 0 Å². The highest BCUT2D eigenvalue weighted by Gasteiger charge is 2.36. The maximum absolute atomic E-state index is 12.8. The zero-order valence-electron chi connectivity index (χ0n) is 13.5. The predicted molar refractivity (Wildman–Crippen MR) is 88.5 cm³/mol. The van der Waals surface area contributed by atoms with Gasteiger partial charge in [0.15, 0.2) is 0 Å². The summed E-state index contributed by atoms with van der Waals surface area (Å²) >= 11 is 0. The van der Waals surface area contributed by atoms with Crippen LogP contribution in [0, 0.1) is 17.2 Å². The molecule has 1 heterocycles. The van der Waals surface area contributed by atoms with Crippen molar-refractivity contribution in [3.8, 4) is 6.07 Å². The molecule has 1 aliphatic rings. The van der Waals surface area contributed by atoms with Gasteiger partial charge in [-0.2, -0.15) is 22.7 Å². The number of nitriles is 1. The Morgan fingerprint density at radius 3 is 2.32 bits per heavy atom. The maximum atomic E-state index is 12.8. The van der Waals surface area contributed by atoms with Crippen LogP contribution in [0.4, 0.5) is 13.2 Å². The highest BCUT2D eigenvalue weighted by molar-refractivity contribution is 7.89. The van der Waals surface area contributed by atoms with Crippen LogP contribution in [0.5, 0.6) is 0 Å². The van der Waals surface area contributed by atoms with Crippen molar-refractivity contribution in [1.29, 1.82) is 5.26 Å². The molecule has 2 rings (SSSR count). The molecule has 0 amide bonds. The second kappa shape index (κ2) is 7.91. The lowest BCUT2D eigenvalue weighted by Gasteiger charge is -2.33. The molecule has 0 spiro atoms. The Kier molecular flexibility index (Phi) is 6.87. The van der Waals surface area contributed by atoms with Crippen molar-refractivity contribution in [3.05, 3.63) is 29.3 Å². The third-order valence-corrected chi connectivity index (χ3v) is 6.19. The van der Waals surface area contributed by atoms with Crippen molar-refractivity contribution >= 4 is 22.4 Å². The fraction of sp³-hybridized carbons (Fsp3) is 0.533. The zero-order valence-corrected chi connectivity index (χ0v) is 15.1. The molecule has 1 unspecified atom stereocenters. The number of hydrogen-bond acceptors (Lipinski definition) is 4. The number of hydrogen-bond donors (Lipinski definition) is 1. The molecule has 1 saturated heterocycles. The number of nitrogens with zero attached hydrogens (tertiary/aromatic N) is 2. The van der Waals surface area contributed by atoms with Gasteiger partial charge in [-0.25, -0.2) is 8.42 Å². The van der Waals surface area contributed by atoms with E-state index in [1.54, 1.807) is 0 Å². The molecule has 1 atom stereocenters. The molecule has 1 aromatic rings. The molecule has 10 heteroatoms. The Balaban J connectivity index is 0.00000312. The minimum absolute atomic E-state index is 0. The lowest BCUT2D eigenvalue weighted by molar-refractivity contribution is -0.137. The van der Waals surface area contributed by atoms with Crippen LogP contribution >= 0.6 is 12.4 Å². The van der Waals surface area contributed by atoms with E-state index in [1.807, 2.05) is 6.92 Å². The molecular formula is C15H19ClF3N3O2S. The van der Waals surface area contributed by atoms with E-state index in [2.05, 4.69) is 0 Å². The van der Waals surface area contributed by atoms with E-state index in [0.717, 1.165) is 12.1 Å². The van der Waals surface area contributed by atoms with Crippen LogP contribution in [0.15, 0.2) is 23.1 Å². The molecule has 0 aromatic heterocycles. The van der Waals surface area contributed by atoms with Gasteiger partial charge < -0.3 is 5.73 Å². The Hall–Kier alpha value is -1.34. The van der Waals surface area contributed by atoms with Gasteiger partial charge in [0.05, 0.1) is 22.1 Å². The van der Waals surface area contributed by atoms with E-state index in [9.17, 15) is 21.6 Å². The lowest BCUT2D eigenvalue weighted by atomic mass is 9.92. The van der Waals surface area contributed by atoms with Crippen LogP contribution in [0.2, 0.25) is 0 Å². The van der Waals surface area contributed by atoms with Gasteiger partial charge in [0.2, 0.25) is 10.0 Å². The third-order valence-electron chi connectivity index (χ3n) is 4.30. The fourth-order valence-electron chi connectivity index (χ4n) is 2.81. The number of piperidine rings is 1.